The fourth-order valence-electron chi connectivity index (χ4n) is 3.31. The highest BCUT2D eigenvalue weighted by Gasteiger charge is 2.35. The maximum Gasteiger partial charge on any atom is 0.255 e. The molecular weight excluding hydrogens is 300 g/mol. The van der Waals surface area contributed by atoms with Crippen LogP contribution in [0.4, 0.5) is 5.82 Å². The van der Waals surface area contributed by atoms with Crippen molar-refractivity contribution in [3.63, 3.8) is 0 Å². The van der Waals surface area contributed by atoms with E-state index >= 15 is 0 Å². The van der Waals surface area contributed by atoms with Crippen LogP contribution in [0.15, 0.2) is 48.7 Å². The Bertz CT molecular complexity index is 684. The minimum atomic E-state index is 0.0321. The van der Waals surface area contributed by atoms with Crippen LogP contribution in [0, 0.1) is 5.92 Å². The molecule has 0 aliphatic carbocycles. The molecule has 1 aliphatic heterocycles. The molecule has 2 atom stereocenters. The molecule has 5 nitrogen and oxygen atoms in total. The molecule has 1 saturated heterocycles. The van der Waals surface area contributed by atoms with Gasteiger partial charge in [0.1, 0.15) is 5.82 Å². The van der Waals surface area contributed by atoms with E-state index < -0.39 is 0 Å². The summed E-state index contributed by atoms with van der Waals surface area (Å²) in [6.45, 7) is 1.99. The van der Waals surface area contributed by atoms with Crippen molar-refractivity contribution in [2.75, 3.05) is 38.6 Å². The lowest BCUT2D eigenvalue weighted by atomic mass is 9.89. The van der Waals surface area contributed by atoms with E-state index in [1.54, 1.807) is 6.20 Å². The Hall–Kier alpha value is -2.40. The van der Waals surface area contributed by atoms with Crippen molar-refractivity contribution in [2.45, 2.75) is 5.92 Å². The second-order valence-corrected chi connectivity index (χ2v) is 6.52. The molecule has 2 aromatic rings. The highest BCUT2D eigenvalue weighted by atomic mass is 16.2. The van der Waals surface area contributed by atoms with Crippen molar-refractivity contribution in [1.82, 2.24) is 9.88 Å². The lowest BCUT2D eigenvalue weighted by Gasteiger charge is -2.17. The highest BCUT2D eigenvalue weighted by molar-refractivity contribution is 5.94. The Balaban J connectivity index is 1.76. The van der Waals surface area contributed by atoms with Crippen molar-refractivity contribution in [3.8, 4) is 0 Å². The highest BCUT2D eigenvalue weighted by Crippen LogP contribution is 2.32. The first-order valence-corrected chi connectivity index (χ1v) is 8.28. The Kier molecular flexibility index (Phi) is 4.81. The van der Waals surface area contributed by atoms with E-state index in [4.69, 9.17) is 5.73 Å². The molecule has 1 aliphatic rings. The quantitative estimate of drug-likeness (QED) is 0.934. The number of nitrogens with two attached hydrogens (primary N) is 1. The fraction of sp³-hybridized carbons (Fsp3) is 0.368. The third kappa shape index (κ3) is 3.26. The van der Waals surface area contributed by atoms with Gasteiger partial charge in [0.2, 0.25) is 0 Å². The number of benzene rings is 1. The lowest BCUT2D eigenvalue weighted by molar-refractivity contribution is 0.0786. The van der Waals surface area contributed by atoms with Gasteiger partial charge in [0.05, 0.1) is 5.56 Å². The predicted octanol–water partition coefficient (Wildman–Crippen LogP) is 1.96. The van der Waals surface area contributed by atoms with Crippen molar-refractivity contribution in [3.05, 3.63) is 59.8 Å². The molecule has 24 heavy (non-hydrogen) atoms. The topological polar surface area (TPSA) is 62.5 Å². The Morgan fingerprint density at radius 3 is 2.54 bits per heavy atom. The summed E-state index contributed by atoms with van der Waals surface area (Å²) in [5.41, 5.74) is 7.84. The largest absolute Gasteiger partial charge is 0.363 e. The Labute approximate surface area is 143 Å². The predicted molar refractivity (Wildman–Crippen MR) is 96.2 cm³/mol. The summed E-state index contributed by atoms with van der Waals surface area (Å²) in [6.07, 6.45) is 1.66. The van der Waals surface area contributed by atoms with E-state index in [1.807, 2.05) is 54.2 Å². The van der Waals surface area contributed by atoms with E-state index in [1.165, 1.54) is 5.56 Å². The summed E-state index contributed by atoms with van der Waals surface area (Å²) in [6, 6.07) is 14.0. The van der Waals surface area contributed by atoms with Crippen molar-refractivity contribution in [2.24, 2.45) is 11.7 Å². The summed E-state index contributed by atoms with van der Waals surface area (Å²) in [7, 11) is 3.86. The molecule has 5 heteroatoms. The molecule has 0 spiro atoms. The van der Waals surface area contributed by atoms with Gasteiger partial charge in [-0.3, -0.25) is 4.79 Å². The number of rotatable bonds is 4. The van der Waals surface area contributed by atoms with Crippen LogP contribution < -0.4 is 10.6 Å². The number of aromatic nitrogens is 1. The summed E-state index contributed by atoms with van der Waals surface area (Å²) in [4.78, 5) is 21.0. The van der Waals surface area contributed by atoms with Gasteiger partial charge < -0.3 is 15.5 Å². The summed E-state index contributed by atoms with van der Waals surface area (Å²) in [5, 5.41) is 0. The molecule has 2 N–H and O–H groups in total. The van der Waals surface area contributed by atoms with Gasteiger partial charge in [-0.15, -0.1) is 0 Å². The number of carbonyl (C=O) groups excluding carboxylic acids is 1. The number of anilines is 1. The summed E-state index contributed by atoms with van der Waals surface area (Å²) < 4.78 is 0. The zero-order valence-electron chi connectivity index (χ0n) is 14.2. The van der Waals surface area contributed by atoms with Gasteiger partial charge in [-0.2, -0.15) is 0 Å². The Morgan fingerprint density at radius 1 is 1.21 bits per heavy atom. The van der Waals surface area contributed by atoms with Gasteiger partial charge in [-0.25, -0.2) is 4.98 Å². The number of likely N-dealkylation sites (tertiary alicyclic amines) is 1. The van der Waals surface area contributed by atoms with Crippen LogP contribution in [0.3, 0.4) is 0 Å². The summed E-state index contributed by atoms with van der Waals surface area (Å²) in [5.74, 6) is 1.47. The molecule has 126 valence electrons. The molecular formula is C19H24N4O. The van der Waals surface area contributed by atoms with E-state index in [0.717, 1.165) is 5.82 Å². The second kappa shape index (κ2) is 7.01. The average Bonchev–Trinajstić information content (AvgIpc) is 3.06. The van der Waals surface area contributed by atoms with Gasteiger partial charge >= 0.3 is 0 Å². The number of nitrogens with zero attached hydrogens (tertiary/aromatic N) is 3. The van der Waals surface area contributed by atoms with Gasteiger partial charge in [0.15, 0.2) is 0 Å². The normalized spacial score (nSPS) is 20.2. The van der Waals surface area contributed by atoms with Crippen molar-refractivity contribution < 1.29 is 4.79 Å². The number of hydrogen-bond acceptors (Lipinski definition) is 4. The number of pyridine rings is 1. The Morgan fingerprint density at radius 2 is 1.96 bits per heavy atom. The van der Waals surface area contributed by atoms with E-state index in [0.29, 0.717) is 37.0 Å². The molecule has 0 radical (unpaired) electrons. The van der Waals surface area contributed by atoms with Crippen LogP contribution in [0.5, 0.6) is 0 Å². The lowest BCUT2D eigenvalue weighted by Crippen LogP contribution is -2.30. The summed E-state index contributed by atoms with van der Waals surface area (Å²) >= 11 is 0. The van der Waals surface area contributed by atoms with Gasteiger partial charge in [-0.05, 0) is 30.2 Å². The van der Waals surface area contributed by atoms with Crippen molar-refractivity contribution in [1.29, 1.82) is 0 Å². The molecule has 1 aromatic carbocycles. The molecule has 1 amide bonds. The van der Waals surface area contributed by atoms with E-state index in [-0.39, 0.29) is 5.91 Å². The first-order chi connectivity index (χ1) is 11.6. The third-order valence-corrected chi connectivity index (χ3v) is 4.71. The van der Waals surface area contributed by atoms with E-state index in [9.17, 15) is 4.79 Å². The van der Waals surface area contributed by atoms with Crippen LogP contribution in [-0.2, 0) is 0 Å². The minimum absolute atomic E-state index is 0.0321. The van der Waals surface area contributed by atoms with Crippen LogP contribution in [0.2, 0.25) is 0 Å². The fourth-order valence-corrected chi connectivity index (χ4v) is 3.31. The van der Waals surface area contributed by atoms with Gasteiger partial charge in [0, 0.05) is 39.3 Å². The average molecular weight is 324 g/mol. The maximum absolute atomic E-state index is 12.8. The van der Waals surface area contributed by atoms with Crippen molar-refractivity contribution >= 4 is 11.7 Å². The van der Waals surface area contributed by atoms with Crippen LogP contribution in [0.25, 0.3) is 0 Å². The molecule has 0 unspecified atom stereocenters. The van der Waals surface area contributed by atoms with Gasteiger partial charge in [0.25, 0.3) is 5.91 Å². The third-order valence-electron chi connectivity index (χ3n) is 4.71. The smallest absolute Gasteiger partial charge is 0.255 e. The maximum atomic E-state index is 12.8. The van der Waals surface area contributed by atoms with Crippen LogP contribution >= 0.6 is 0 Å². The molecule has 1 fully saturated rings. The molecule has 1 aromatic heterocycles. The number of hydrogen-bond donors (Lipinski definition) is 1. The first kappa shape index (κ1) is 16.5. The SMILES string of the molecule is CN(C)c1ccc(C(=O)N2C[C@@H](CN)[C@H](c3ccccc3)C2)cn1. The van der Waals surface area contributed by atoms with Crippen LogP contribution in [-0.4, -0.2) is 49.5 Å². The minimum Gasteiger partial charge on any atom is -0.363 e. The second-order valence-electron chi connectivity index (χ2n) is 6.52. The molecule has 0 saturated carbocycles. The molecule has 0 bridgehead atoms. The van der Waals surface area contributed by atoms with Gasteiger partial charge in [-0.1, -0.05) is 30.3 Å². The zero-order valence-corrected chi connectivity index (χ0v) is 14.2. The first-order valence-electron chi connectivity index (χ1n) is 8.28. The number of amides is 1. The van der Waals surface area contributed by atoms with Crippen LogP contribution in [0.1, 0.15) is 21.8 Å². The van der Waals surface area contributed by atoms with E-state index in [2.05, 4.69) is 17.1 Å². The molecule has 2 heterocycles. The monoisotopic (exact) mass is 324 g/mol. The number of carbonyl (C=O) groups is 1. The standard InChI is InChI=1S/C19H24N4O/c1-22(2)18-9-8-15(11-21-18)19(24)23-12-16(10-20)17(13-23)14-6-4-3-5-7-14/h3-9,11,16-17H,10,12-13,20H2,1-2H3/t16-,17+/m1/s1. The zero-order chi connectivity index (χ0) is 17.1. The molecule has 3 rings (SSSR count).